The van der Waals surface area contributed by atoms with Crippen LogP contribution >= 0.6 is 11.8 Å². The largest absolute Gasteiger partial charge is 0.335 e. The molecule has 1 heterocycles. The number of Topliss-reactive ketones (excluding diaryl/α,β-unsaturated/α-hetero) is 1. The molecule has 2 aromatic carbocycles. The molecule has 1 aliphatic carbocycles. The summed E-state index contributed by atoms with van der Waals surface area (Å²) in [5.74, 6) is 7.34. The highest BCUT2D eigenvalue weighted by molar-refractivity contribution is 7.99. The minimum atomic E-state index is -3.62. The zero-order valence-electron chi connectivity index (χ0n) is 20.8. The Morgan fingerprint density at radius 3 is 2.42 bits per heavy atom. The second kappa shape index (κ2) is 11.6. The molecule has 0 bridgehead atoms. The SMILES string of the molecule is CCN(CC)S(=O)(=O)c1cccc(-c2nnc(SCC(=O)c3ccc(C4CCCCC4)cc3)n2N)c1. The number of thioether (sulfide) groups is 1. The molecule has 8 nitrogen and oxygen atoms in total. The van der Waals surface area contributed by atoms with Crippen LogP contribution in [0.4, 0.5) is 0 Å². The van der Waals surface area contributed by atoms with Gasteiger partial charge in [-0.15, -0.1) is 10.2 Å². The van der Waals surface area contributed by atoms with E-state index in [4.69, 9.17) is 5.84 Å². The lowest BCUT2D eigenvalue weighted by Crippen LogP contribution is -2.30. The van der Waals surface area contributed by atoms with Gasteiger partial charge in [-0.1, -0.05) is 81.3 Å². The van der Waals surface area contributed by atoms with Crippen LogP contribution in [0.25, 0.3) is 11.4 Å². The summed E-state index contributed by atoms with van der Waals surface area (Å²) in [7, 11) is -3.62. The standard InChI is InChI=1S/C26H33N5O3S2/c1-3-30(4-2)36(33,34)23-12-8-11-22(17-23)25-28-29-26(31(25)27)35-18-24(32)21-15-13-20(14-16-21)19-9-6-5-7-10-19/h8,11-17,19H,3-7,9-10,18,27H2,1-2H3. The van der Waals surface area contributed by atoms with E-state index in [9.17, 15) is 13.2 Å². The minimum absolute atomic E-state index is 0.00735. The van der Waals surface area contributed by atoms with Gasteiger partial charge in [0.25, 0.3) is 0 Å². The van der Waals surface area contributed by atoms with Crippen molar-refractivity contribution in [2.45, 2.75) is 61.9 Å². The fraction of sp³-hybridized carbons (Fsp3) is 0.423. The Hall–Kier alpha value is -2.69. The maximum atomic E-state index is 12.9. The topological polar surface area (TPSA) is 111 Å². The molecule has 10 heteroatoms. The summed E-state index contributed by atoms with van der Waals surface area (Å²) in [4.78, 5) is 13.0. The third-order valence-corrected chi connectivity index (χ3v) is 9.73. The van der Waals surface area contributed by atoms with Crippen LogP contribution in [0.15, 0.2) is 58.6 Å². The highest BCUT2D eigenvalue weighted by Crippen LogP contribution is 2.33. The fourth-order valence-corrected chi connectivity index (χ4v) is 6.93. The van der Waals surface area contributed by atoms with Gasteiger partial charge in [0, 0.05) is 24.2 Å². The van der Waals surface area contributed by atoms with Crippen molar-refractivity contribution < 1.29 is 13.2 Å². The first-order chi connectivity index (χ1) is 17.3. The summed E-state index contributed by atoms with van der Waals surface area (Å²) in [6.45, 7) is 4.37. The minimum Gasteiger partial charge on any atom is -0.335 e. The van der Waals surface area contributed by atoms with E-state index in [1.807, 2.05) is 12.1 Å². The molecule has 3 aromatic rings. The Balaban J connectivity index is 1.44. The van der Waals surface area contributed by atoms with E-state index in [2.05, 4.69) is 22.3 Å². The molecular weight excluding hydrogens is 494 g/mol. The molecule has 1 aliphatic rings. The van der Waals surface area contributed by atoms with E-state index in [0.717, 1.165) is 0 Å². The van der Waals surface area contributed by atoms with E-state index in [1.165, 1.54) is 58.4 Å². The van der Waals surface area contributed by atoms with Crippen molar-refractivity contribution in [2.75, 3.05) is 24.7 Å². The number of hydrogen-bond acceptors (Lipinski definition) is 7. The molecule has 0 unspecified atom stereocenters. The number of carbonyl (C=O) groups is 1. The second-order valence-electron chi connectivity index (χ2n) is 8.96. The smallest absolute Gasteiger partial charge is 0.243 e. The maximum absolute atomic E-state index is 12.9. The summed E-state index contributed by atoms with van der Waals surface area (Å²) in [5.41, 5.74) is 2.52. The van der Waals surface area contributed by atoms with Crippen LogP contribution in [0.5, 0.6) is 0 Å². The van der Waals surface area contributed by atoms with Crippen LogP contribution in [0.2, 0.25) is 0 Å². The molecular formula is C26H33N5O3S2. The molecule has 0 spiro atoms. The summed E-state index contributed by atoms with van der Waals surface area (Å²) in [6.07, 6.45) is 6.32. The number of nitrogens with zero attached hydrogens (tertiary/aromatic N) is 4. The van der Waals surface area contributed by atoms with Crippen LogP contribution in [-0.4, -0.2) is 52.2 Å². The fourth-order valence-electron chi connectivity index (χ4n) is 4.67. The first-order valence-corrected chi connectivity index (χ1v) is 14.8. The van der Waals surface area contributed by atoms with Gasteiger partial charge in [0.05, 0.1) is 10.6 Å². The predicted molar refractivity (Wildman–Crippen MR) is 143 cm³/mol. The predicted octanol–water partition coefficient (Wildman–Crippen LogP) is 4.71. The van der Waals surface area contributed by atoms with Gasteiger partial charge in [-0.2, -0.15) is 4.31 Å². The quantitative estimate of drug-likeness (QED) is 0.231. The summed E-state index contributed by atoms with van der Waals surface area (Å²) in [5, 5.41) is 8.67. The normalized spacial score (nSPS) is 14.9. The Morgan fingerprint density at radius 2 is 1.75 bits per heavy atom. The number of aromatic nitrogens is 3. The number of sulfonamides is 1. The number of benzene rings is 2. The molecule has 0 atom stereocenters. The third-order valence-electron chi connectivity index (χ3n) is 6.74. The average Bonchev–Trinajstić information content (AvgIpc) is 3.28. The molecule has 0 aliphatic heterocycles. The Kier molecular flexibility index (Phi) is 8.48. The molecule has 0 amide bonds. The summed E-state index contributed by atoms with van der Waals surface area (Å²) >= 11 is 1.21. The van der Waals surface area contributed by atoms with Crippen LogP contribution in [0, 0.1) is 0 Å². The zero-order chi connectivity index (χ0) is 25.7. The number of hydrogen-bond donors (Lipinski definition) is 1. The lowest BCUT2D eigenvalue weighted by Gasteiger charge is -2.22. The van der Waals surface area contributed by atoms with Gasteiger partial charge in [0.1, 0.15) is 0 Å². The molecule has 192 valence electrons. The first-order valence-electron chi connectivity index (χ1n) is 12.4. The van der Waals surface area contributed by atoms with Gasteiger partial charge in [-0.05, 0) is 36.5 Å². The molecule has 1 saturated carbocycles. The Labute approximate surface area is 217 Å². The molecule has 36 heavy (non-hydrogen) atoms. The van der Waals surface area contributed by atoms with Crippen molar-refractivity contribution in [3.8, 4) is 11.4 Å². The van der Waals surface area contributed by atoms with E-state index in [1.54, 1.807) is 38.1 Å². The average molecular weight is 528 g/mol. The molecule has 4 rings (SSSR count). The number of nitrogens with two attached hydrogens (primary N) is 1. The van der Waals surface area contributed by atoms with Gasteiger partial charge >= 0.3 is 0 Å². The van der Waals surface area contributed by atoms with Crippen LogP contribution < -0.4 is 5.84 Å². The highest BCUT2D eigenvalue weighted by atomic mass is 32.2. The number of rotatable bonds is 10. The van der Waals surface area contributed by atoms with Crippen molar-refractivity contribution in [3.05, 3.63) is 59.7 Å². The molecule has 1 fully saturated rings. The van der Waals surface area contributed by atoms with Crippen LogP contribution in [-0.2, 0) is 10.0 Å². The van der Waals surface area contributed by atoms with Gasteiger partial charge < -0.3 is 5.84 Å². The van der Waals surface area contributed by atoms with Crippen molar-refractivity contribution in [1.29, 1.82) is 0 Å². The Bertz CT molecular complexity index is 1300. The van der Waals surface area contributed by atoms with Crippen molar-refractivity contribution in [3.63, 3.8) is 0 Å². The van der Waals surface area contributed by atoms with E-state index in [0.29, 0.717) is 41.1 Å². The van der Waals surface area contributed by atoms with E-state index >= 15 is 0 Å². The van der Waals surface area contributed by atoms with Crippen LogP contribution in [0.1, 0.15) is 67.8 Å². The van der Waals surface area contributed by atoms with Gasteiger partial charge in [0.15, 0.2) is 11.6 Å². The lowest BCUT2D eigenvalue weighted by atomic mass is 9.84. The molecule has 0 saturated heterocycles. The van der Waals surface area contributed by atoms with Gasteiger partial charge in [0.2, 0.25) is 15.2 Å². The lowest BCUT2D eigenvalue weighted by molar-refractivity contribution is 0.102. The highest BCUT2D eigenvalue weighted by Gasteiger charge is 2.23. The third kappa shape index (κ3) is 5.66. The number of nitrogen functional groups attached to an aromatic ring is 1. The molecule has 0 radical (unpaired) electrons. The zero-order valence-corrected chi connectivity index (χ0v) is 22.4. The van der Waals surface area contributed by atoms with Gasteiger partial charge in [-0.3, -0.25) is 4.79 Å². The van der Waals surface area contributed by atoms with Crippen LogP contribution in [0.3, 0.4) is 0 Å². The van der Waals surface area contributed by atoms with Crippen molar-refractivity contribution >= 4 is 27.6 Å². The Morgan fingerprint density at radius 1 is 1.06 bits per heavy atom. The monoisotopic (exact) mass is 527 g/mol. The van der Waals surface area contributed by atoms with E-state index in [-0.39, 0.29) is 16.4 Å². The van der Waals surface area contributed by atoms with Gasteiger partial charge in [-0.25, -0.2) is 13.1 Å². The molecule has 2 N–H and O–H groups in total. The first kappa shape index (κ1) is 26.4. The van der Waals surface area contributed by atoms with Crippen molar-refractivity contribution in [2.24, 2.45) is 0 Å². The molecule has 1 aromatic heterocycles. The van der Waals surface area contributed by atoms with E-state index < -0.39 is 10.0 Å². The second-order valence-corrected chi connectivity index (χ2v) is 11.8. The number of carbonyl (C=O) groups excluding carboxylic acids is 1. The summed E-state index contributed by atoms with van der Waals surface area (Å²) < 4.78 is 28.5. The number of ketones is 1. The van der Waals surface area contributed by atoms with Crippen molar-refractivity contribution in [1.82, 2.24) is 19.2 Å². The summed E-state index contributed by atoms with van der Waals surface area (Å²) in [6, 6.07) is 14.5. The maximum Gasteiger partial charge on any atom is 0.243 e.